The number of nitrogens with zero attached hydrogens (tertiary/aromatic N) is 1. The molecule has 0 spiro atoms. The van der Waals surface area contributed by atoms with Crippen molar-refractivity contribution in [3.8, 4) is 0 Å². The minimum Gasteiger partial charge on any atom is -0.283 e. The first kappa shape index (κ1) is 17.7. The molecule has 0 saturated heterocycles. The Labute approximate surface area is 154 Å². The number of carbonyl (C=O) groups excluding carboxylic acids is 2. The zero-order valence-electron chi connectivity index (χ0n) is 12.7. The van der Waals surface area contributed by atoms with Crippen LogP contribution in [0.15, 0.2) is 42.5 Å². The summed E-state index contributed by atoms with van der Waals surface area (Å²) >= 11 is 11.7. The second kappa shape index (κ2) is 6.67. The fraction of sp³-hybridized carbons (Fsp3) is 0.125. The lowest BCUT2D eigenvalue weighted by atomic mass is 10.1. The third kappa shape index (κ3) is 3.78. The molecule has 9 heteroatoms. The second-order valence-corrected chi connectivity index (χ2v) is 8.10. The molecule has 2 amide bonds. The van der Waals surface area contributed by atoms with Gasteiger partial charge in [0.1, 0.15) is 0 Å². The first-order valence-electron chi connectivity index (χ1n) is 7.19. The van der Waals surface area contributed by atoms with Gasteiger partial charge in [-0.25, -0.2) is 8.42 Å². The molecule has 1 aliphatic heterocycles. The Morgan fingerprint density at radius 1 is 0.920 bits per heavy atom. The number of sulfonamides is 1. The number of rotatable bonds is 5. The van der Waals surface area contributed by atoms with Gasteiger partial charge in [-0.05, 0) is 30.3 Å². The number of hydrogen-bond donors (Lipinski definition) is 1. The van der Waals surface area contributed by atoms with E-state index in [2.05, 4.69) is 4.72 Å². The number of halogens is 2. The van der Waals surface area contributed by atoms with E-state index >= 15 is 0 Å². The number of carbonyl (C=O) groups is 2. The van der Waals surface area contributed by atoms with Crippen molar-refractivity contribution in [3.05, 3.63) is 63.6 Å². The minimum atomic E-state index is -3.80. The van der Waals surface area contributed by atoms with Crippen molar-refractivity contribution in [1.82, 2.24) is 4.90 Å². The highest BCUT2D eigenvalue weighted by Gasteiger charge is 2.35. The minimum absolute atomic E-state index is 0.208. The molecule has 0 radical (unpaired) electrons. The molecule has 1 heterocycles. The number of fused-ring (bicyclic) bond motifs is 1. The van der Waals surface area contributed by atoms with Gasteiger partial charge in [-0.3, -0.25) is 19.2 Å². The summed E-state index contributed by atoms with van der Waals surface area (Å²) in [6.45, 7) is -0.254. The SMILES string of the molecule is O=C1c2ccccc2C(=O)N1CCS(=O)(=O)Nc1cc(Cl)cc(Cl)c1. The summed E-state index contributed by atoms with van der Waals surface area (Å²) in [7, 11) is -3.80. The van der Waals surface area contributed by atoms with E-state index in [-0.39, 0.29) is 33.4 Å². The molecule has 1 N–H and O–H groups in total. The summed E-state index contributed by atoms with van der Waals surface area (Å²) in [5, 5.41) is 0.566. The number of hydrogen-bond acceptors (Lipinski definition) is 4. The van der Waals surface area contributed by atoms with Crippen molar-refractivity contribution in [2.24, 2.45) is 0 Å². The van der Waals surface area contributed by atoms with Crippen molar-refractivity contribution < 1.29 is 18.0 Å². The summed E-state index contributed by atoms with van der Waals surface area (Å²) < 4.78 is 26.8. The fourth-order valence-electron chi connectivity index (χ4n) is 2.50. The quantitative estimate of drug-likeness (QED) is 0.784. The van der Waals surface area contributed by atoms with E-state index in [0.717, 1.165) is 4.90 Å². The Kier molecular flexibility index (Phi) is 4.73. The van der Waals surface area contributed by atoms with Gasteiger partial charge in [0.15, 0.2) is 0 Å². The standard InChI is InChI=1S/C16H12Cl2N2O4S/c17-10-7-11(18)9-12(8-10)19-25(23,24)6-5-20-15(21)13-3-1-2-4-14(13)16(20)22/h1-4,7-9,19H,5-6H2. The molecular weight excluding hydrogens is 387 g/mol. The molecular formula is C16H12Cl2N2O4S. The van der Waals surface area contributed by atoms with Gasteiger partial charge in [-0.15, -0.1) is 0 Å². The van der Waals surface area contributed by atoms with E-state index in [9.17, 15) is 18.0 Å². The summed E-state index contributed by atoms with van der Waals surface area (Å²) in [5.41, 5.74) is 0.763. The largest absolute Gasteiger partial charge is 0.283 e. The van der Waals surface area contributed by atoms with Crippen molar-refractivity contribution in [3.63, 3.8) is 0 Å². The fourth-order valence-corrected chi connectivity index (χ4v) is 4.03. The topological polar surface area (TPSA) is 83.6 Å². The predicted molar refractivity (Wildman–Crippen MR) is 95.7 cm³/mol. The monoisotopic (exact) mass is 398 g/mol. The number of benzene rings is 2. The van der Waals surface area contributed by atoms with Gasteiger partial charge in [0.25, 0.3) is 11.8 Å². The average molecular weight is 399 g/mol. The molecule has 3 rings (SSSR count). The lowest BCUT2D eigenvalue weighted by molar-refractivity contribution is 0.0664. The third-order valence-corrected chi connectivity index (χ3v) is 5.30. The van der Waals surface area contributed by atoms with Crippen molar-refractivity contribution in [2.45, 2.75) is 0 Å². The van der Waals surface area contributed by atoms with E-state index in [4.69, 9.17) is 23.2 Å². The normalized spacial score (nSPS) is 13.9. The Hall–Kier alpha value is -2.09. The molecule has 0 fully saturated rings. The van der Waals surface area contributed by atoms with Gasteiger partial charge < -0.3 is 0 Å². The second-order valence-electron chi connectivity index (χ2n) is 5.39. The van der Waals surface area contributed by atoms with Gasteiger partial charge in [0.05, 0.1) is 22.6 Å². The predicted octanol–water partition coefficient (Wildman–Crippen LogP) is 3.03. The van der Waals surface area contributed by atoms with E-state index < -0.39 is 27.6 Å². The van der Waals surface area contributed by atoms with E-state index in [1.165, 1.54) is 30.3 Å². The van der Waals surface area contributed by atoms with Crippen LogP contribution in [-0.4, -0.2) is 37.4 Å². The highest BCUT2D eigenvalue weighted by Crippen LogP contribution is 2.24. The molecule has 0 aliphatic carbocycles. The van der Waals surface area contributed by atoms with Crippen LogP contribution in [0.4, 0.5) is 5.69 Å². The summed E-state index contributed by atoms with van der Waals surface area (Å²) in [5.74, 6) is -1.44. The van der Waals surface area contributed by atoms with Gasteiger partial charge in [0, 0.05) is 16.6 Å². The van der Waals surface area contributed by atoms with Crippen molar-refractivity contribution in [1.29, 1.82) is 0 Å². The molecule has 0 saturated carbocycles. The molecule has 0 bridgehead atoms. The Morgan fingerprint density at radius 2 is 1.44 bits per heavy atom. The smallest absolute Gasteiger partial charge is 0.261 e. The molecule has 0 unspecified atom stereocenters. The van der Waals surface area contributed by atoms with Gasteiger partial charge in [0.2, 0.25) is 10.0 Å². The van der Waals surface area contributed by atoms with Gasteiger partial charge in [-0.2, -0.15) is 0 Å². The van der Waals surface area contributed by atoms with Gasteiger partial charge in [-0.1, -0.05) is 35.3 Å². The van der Waals surface area contributed by atoms with Crippen LogP contribution in [0.3, 0.4) is 0 Å². The van der Waals surface area contributed by atoms with Crippen LogP contribution in [0.25, 0.3) is 0 Å². The maximum absolute atomic E-state index is 12.2. The molecule has 2 aromatic carbocycles. The van der Waals surface area contributed by atoms with Crippen LogP contribution >= 0.6 is 23.2 Å². The average Bonchev–Trinajstić information content (AvgIpc) is 2.76. The molecule has 25 heavy (non-hydrogen) atoms. The zero-order chi connectivity index (χ0) is 18.2. The first-order chi connectivity index (χ1) is 11.8. The van der Waals surface area contributed by atoms with Crippen LogP contribution in [0.5, 0.6) is 0 Å². The molecule has 130 valence electrons. The van der Waals surface area contributed by atoms with E-state index in [1.54, 1.807) is 12.1 Å². The van der Waals surface area contributed by atoms with E-state index in [1.807, 2.05) is 0 Å². The van der Waals surface area contributed by atoms with Crippen LogP contribution in [-0.2, 0) is 10.0 Å². The Morgan fingerprint density at radius 3 is 1.96 bits per heavy atom. The summed E-state index contributed by atoms with van der Waals surface area (Å²) in [4.78, 5) is 25.4. The van der Waals surface area contributed by atoms with Crippen LogP contribution < -0.4 is 4.72 Å². The first-order valence-corrected chi connectivity index (χ1v) is 9.59. The molecule has 1 aliphatic rings. The highest BCUT2D eigenvalue weighted by atomic mass is 35.5. The van der Waals surface area contributed by atoms with Gasteiger partial charge >= 0.3 is 0 Å². The molecule has 0 atom stereocenters. The third-order valence-electron chi connectivity index (χ3n) is 3.60. The van der Waals surface area contributed by atoms with Crippen molar-refractivity contribution in [2.75, 3.05) is 17.0 Å². The summed E-state index contributed by atoms with van der Waals surface area (Å²) in [6.07, 6.45) is 0. The number of anilines is 1. The van der Waals surface area contributed by atoms with Crippen LogP contribution in [0, 0.1) is 0 Å². The number of nitrogens with one attached hydrogen (secondary N) is 1. The van der Waals surface area contributed by atoms with Crippen molar-refractivity contribution >= 4 is 50.7 Å². The Bertz CT molecular complexity index is 921. The van der Waals surface area contributed by atoms with Crippen LogP contribution in [0.2, 0.25) is 10.0 Å². The lowest BCUT2D eigenvalue weighted by Crippen LogP contribution is -2.35. The van der Waals surface area contributed by atoms with E-state index in [0.29, 0.717) is 0 Å². The Balaban J connectivity index is 1.71. The molecule has 0 aromatic heterocycles. The maximum atomic E-state index is 12.2. The summed E-state index contributed by atoms with van der Waals surface area (Å²) in [6, 6.07) is 10.7. The zero-order valence-corrected chi connectivity index (χ0v) is 15.0. The maximum Gasteiger partial charge on any atom is 0.261 e. The molecule has 2 aromatic rings. The molecule has 6 nitrogen and oxygen atoms in total. The van der Waals surface area contributed by atoms with Crippen LogP contribution in [0.1, 0.15) is 20.7 Å². The number of imide groups is 1. The number of amides is 2. The lowest BCUT2D eigenvalue weighted by Gasteiger charge is -2.15. The highest BCUT2D eigenvalue weighted by molar-refractivity contribution is 7.92.